The fraction of sp³-hybridized carbons (Fsp3) is 0.250. The number of piperidine rings is 1. The largest absolute Gasteiger partial charge is 0.370 e. The molecule has 0 radical (unpaired) electrons. The summed E-state index contributed by atoms with van der Waals surface area (Å²) in [7, 11) is -3.82. The summed E-state index contributed by atoms with van der Waals surface area (Å²) in [6.45, 7) is 1.31. The fourth-order valence-corrected chi connectivity index (χ4v) is 7.61. The van der Waals surface area contributed by atoms with Gasteiger partial charge in [-0.15, -0.1) is 0 Å². The van der Waals surface area contributed by atoms with Crippen molar-refractivity contribution in [2.75, 3.05) is 25.0 Å². The molecule has 1 atom stereocenters. The Kier molecular flexibility index (Phi) is 7.49. The number of nitrogens with one attached hydrogen (secondary N) is 1. The second-order valence-corrected chi connectivity index (χ2v) is 12.5. The average Bonchev–Trinajstić information content (AvgIpc) is 3.23. The molecule has 5 rings (SSSR count). The molecule has 0 amide bonds. The second-order valence-electron chi connectivity index (χ2n) is 8.54. The first-order valence-electron chi connectivity index (χ1n) is 11.2. The van der Waals surface area contributed by atoms with Crippen LogP contribution in [0.15, 0.2) is 64.1 Å². The number of hydrogen-bond donors (Lipinski definition) is 1. The molecule has 3 heterocycles. The second kappa shape index (κ2) is 10.5. The molecule has 1 fully saturated rings. The van der Waals surface area contributed by atoms with Gasteiger partial charge in [-0.05, 0) is 52.9 Å². The van der Waals surface area contributed by atoms with Crippen LogP contribution in [0, 0.1) is 5.92 Å². The van der Waals surface area contributed by atoms with E-state index < -0.39 is 10.0 Å². The number of anilines is 1. The SMILES string of the molecule is O=S(=O)(c1c(Cl)cccc1Cl)N1CCCC(CNc2cc(-c3ccccc3Cl)nc3c(Br)cnn23)C1. The maximum absolute atomic E-state index is 13.4. The van der Waals surface area contributed by atoms with E-state index in [1.165, 1.54) is 16.4 Å². The van der Waals surface area contributed by atoms with Crippen molar-refractivity contribution in [3.8, 4) is 11.3 Å². The molecule has 4 aromatic rings. The van der Waals surface area contributed by atoms with E-state index in [0.717, 1.165) is 28.7 Å². The topological polar surface area (TPSA) is 79.6 Å². The number of fused-ring (bicyclic) bond motifs is 1. The number of benzene rings is 2. The van der Waals surface area contributed by atoms with Crippen molar-refractivity contribution in [1.29, 1.82) is 0 Å². The molecule has 188 valence electrons. The van der Waals surface area contributed by atoms with Crippen LogP contribution < -0.4 is 5.32 Å². The Labute approximate surface area is 232 Å². The Morgan fingerprint density at radius 1 is 1.06 bits per heavy atom. The Bertz CT molecular complexity index is 1530. The van der Waals surface area contributed by atoms with Gasteiger partial charge in [0.15, 0.2) is 5.65 Å². The van der Waals surface area contributed by atoms with Gasteiger partial charge in [-0.2, -0.15) is 13.9 Å². The predicted octanol–water partition coefficient (Wildman–Crippen LogP) is 6.63. The van der Waals surface area contributed by atoms with Crippen molar-refractivity contribution >= 4 is 72.2 Å². The summed E-state index contributed by atoms with van der Waals surface area (Å²) in [6, 6.07) is 14.1. The highest BCUT2D eigenvalue weighted by molar-refractivity contribution is 9.10. The first-order chi connectivity index (χ1) is 17.3. The average molecular weight is 630 g/mol. The first kappa shape index (κ1) is 25.8. The first-order valence-corrected chi connectivity index (χ1v) is 14.6. The molecule has 1 saturated heterocycles. The molecule has 12 heteroatoms. The molecule has 1 aliphatic rings. The third kappa shape index (κ3) is 4.97. The molecular formula is C24H21BrCl3N5O2S. The number of aromatic nitrogens is 3. The quantitative estimate of drug-likeness (QED) is 0.259. The smallest absolute Gasteiger partial charge is 0.246 e. The van der Waals surface area contributed by atoms with Gasteiger partial charge in [0.2, 0.25) is 10.0 Å². The number of halogens is 4. The van der Waals surface area contributed by atoms with Gasteiger partial charge >= 0.3 is 0 Å². The van der Waals surface area contributed by atoms with Crippen LogP contribution in [-0.4, -0.2) is 47.0 Å². The Morgan fingerprint density at radius 2 is 1.78 bits per heavy atom. The van der Waals surface area contributed by atoms with E-state index in [9.17, 15) is 8.42 Å². The van der Waals surface area contributed by atoms with Crippen molar-refractivity contribution in [2.45, 2.75) is 17.7 Å². The highest BCUT2D eigenvalue weighted by atomic mass is 79.9. The van der Waals surface area contributed by atoms with E-state index >= 15 is 0 Å². The van der Waals surface area contributed by atoms with Gasteiger partial charge in [-0.1, -0.05) is 59.1 Å². The predicted molar refractivity (Wildman–Crippen MR) is 148 cm³/mol. The molecule has 0 aliphatic carbocycles. The summed E-state index contributed by atoms with van der Waals surface area (Å²) >= 11 is 22.4. The number of sulfonamides is 1. The van der Waals surface area contributed by atoms with Crippen LogP contribution in [0.5, 0.6) is 0 Å². The minimum absolute atomic E-state index is 0.0384. The molecule has 2 aromatic heterocycles. The van der Waals surface area contributed by atoms with Gasteiger partial charge in [0.1, 0.15) is 10.7 Å². The maximum atomic E-state index is 13.4. The van der Waals surface area contributed by atoms with Gasteiger partial charge in [0.25, 0.3) is 0 Å². The highest BCUT2D eigenvalue weighted by Crippen LogP contribution is 2.34. The number of rotatable bonds is 6. The lowest BCUT2D eigenvalue weighted by Gasteiger charge is -2.32. The minimum Gasteiger partial charge on any atom is -0.370 e. The lowest BCUT2D eigenvalue weighted by atomic mass is 10.00. The van der Waals surface area contributed by atoms with Crippen molar-refractivity contribution in [3.05, 3.63) is 74.3 Å². The third-order valence-corrected chi connectivity index (χ3v) is 9.86. The zero-order valence-electron chi connectivity index (χ0n) is 18.8. The summed E-state index contributed by atoms with van der Waals surface area (Å²) in [5.74, 6) is 0.801. The lowest BCUT2D eigenvalue weighted by molar-refractivity contribution is 0.275. The van der Waals surface area contributed by atoms with E-state index in [1.54, 1.807) is 16.8 Å². The van der Waals surface area contributed by atoms with Crippen molar-refractivity contribution in [3.63, 3.8) is 0 Å². The van der Waals surface area contributed by atoms with Crippen LogP contribution in [0.25, 0.3) is 16.9 Å². The molecule has 0 saturated carbocycles. The van der Waals surface area contributed by atoms with Crippen molar-refractivity contribution in [2.24, 2.45) is 5.92 Å². The van der Waals surface area contributed by atoms with E-state index in [0.29, 0.717) is 36.0 Å². The molecule has 1 N–H and O–H groups in total. The standard InChI is InChI=1S/C24H21BrCl3N5O2S/c25-17-13-30-33-22(11-21(31-24(17)33)16-6-1-2-7-18(16)26)29-12-15-5-4-10-32(14-15)36(34,35)23-19(27)8-3-9-20(23)28/h1-3,6-9,11,13,15,29H,4-5,10,12,14H2. The van der Waals surface area contributed by atoms with Crippen molar-refractivity contribution in [1.82, 2.24) is 18.9 Å². The number of nitrogens with zero attached hydrogens (tertiary/aromatic N) is 4. The summed E-state index contributed by atoms with van der Waals surface area (Å²) in [6.07, 6.45) is 3.30. The van der Waals surface area contributed by atoms with Crippen LogP contribution >= 0.6 is 50.7 Å². The summed E-state index contributed by atoms with van der Waals surface area (Å²) < 4.78 is 30.7. The van der Waals surface area contributed by atoms with Crippen LogP contribution in [0.1, 0.15) is 12.8 Å². The minimum atomic E-state index is -3.82. The molecule has 36 heavy (non-hydrogen) atoms. The Morgan fingerprint density at radius 3 is 2.53 bits per heavy atom. The van der Waals surface area contributed by atoms with Crippen molar-refractivity contribution < 1.29 is 8.42 Å². The molecule has 1 aliphatic heterocycles. The molecular weight excluding hydrogens is 609 g/mol. The molecule has 7 nitrogen and oxygen atoms in total. The third-order valence-electron chi connectivity index (χ3n) is 6.15. The van der Waals surface area contributed by atoms with Gasteiger partial charge in [-0.3, -0.25) is 0 Å². The zero-order valence-corrected chi connectivity index (χ0v) is 23.5. The Balaban J connectivity index is 1.39. The van der Waals surface area contributed by atoms with E-state index in [4.69, 9.17) is 39.8 Å². The van der Waals surface area contributed by atoms with Gasteiger partial charge in [0.05, 0.1) is 26.4 Å². The van der Waals surface area contributed by atoms with Crippen LogP contribution in [0.2, 0.25) is 15.1 Å². The highest BCUT2D eigenvalue weighted by Gasteiger charge is 2.33. The summed E-state index contributed by atoms with van der Waals surface area (Å²) in [5.41, 5.74) is 2.17. The molecule has 2 aromatic carbocycles. The monoisotopic (exact) mass is 627 g/mol. The maximum Gasteiger partial charge on any atom is 0.246 e. The summed E-state index contributed by atoms with van der Waals surface area (Å²) in [4.78, 5) is 4.69. The Hall–Kier alpha value is -1.88. The van der Waals surface area contributed by atoms with Gasteiger partial charge in [-0.25, -0.2) is 13.4 Å². The normalized spacial score (nSPS) is 16.9. The van der Waals surface area contributed by atoms with E-state index in [1.807, 2.05) is 30.3 Å². The van der Waals surface area contributed by atoms with Crippen LogP contribution in [-0.2, 0) is 10.0 Å². The van der Waals surface area contributed by atoms with E-state index in [-0.39, 0.29) is 20.9 Å². The van der Waals surface area contributed by atoms with E-state index in [2.05, 4.69) is 26.3 Å². The van der Waals surface area contributed by atoms with Gasteiger partial charge in [0, 0.05) is 36.3 Å². The summed E-state index contributed by atoms with van der Waals surface area (Å²) in [5, 5.41) is 8.73. The van der Waals surface area contributed by atoms with Gasteiger partial charge < -0.3 is 5.32 Å². The molecule has 1 unspecified atom stereocenters. The van der Waals surface area contributed by atoms with Crippen LogP contribution in [0.4, 0.5) is 5.82 Å². The lowest BCUT2D eigenvalue weighted by Crippen LogP contribution is -2.42. The van der Waals surface area contributed by atoms with Crippen LogP contribution in [0.3, 0.4) is 0 Å². The zero-order chi connectivity index (χ0) is 25.4. The molecule has 0 bridgehead atoms. The fourth-order valence-electron chi connectivity index (χ4n) is 4.39. The number of hydrogen-bond acceptors (Lipinski definition) is 5. The molecule has 0 spiro atoms.